The Hall–Kier alpha value is -4.72. The van der Waals surface area contributed by atoms with E-state index in [-0.39, 0.29) is 55.6 Å². The van der Waals surface area contributed by atoms with Gasteiger partial charge in [-0.15, -0.1) is 5.10 Å². The molecular weight excluding hydrogens is 532 g/mol. The molecule has 218 valence electrons. The first-order valence-electron chi connectivity index (χ1n) is 13.1. The third-order valence-electron chi connectivity index (χ3n) is 6.79. The molecule has 0 fully saturated rings. The maximum absolute atomic E-state index is 13.6. The first kappa shape index (κ1) is 29.3. The molecule has 2 aromatic carbocycles. The van der Waals surface area contributed by atoms with Crippen LogP contribution in [0.2, 0.25) is 0 Å². The zero-order chi connectivity index (χ0) is 29.5. The summed E-state index contributed by atoms with van der Waals surface area (Å²) >= 11 is 0. The number of hydrogen-bond acceptors (Lipinski definition) is 9. The fourth-order valence-corrected chi connectivity index (χ4v) is 4.36. The molecule has 3 aromatic rings. The van der Waals surface area contributed by atoms with E-state index in [0.717, 1.165) is 0 Å². The number of benzene rings is 2. The van der Waals surface area contributed by atoms with Gasteiger partial charge in [0.15, 0.2) is 0 Å². The summed E-state index contributed by atoms with van der Waals surface area (Å²) in [6.07, 6.45) is 0.837. The Kier molecular flexibility index (Phi) is 9.34. The number of fused-ring (bicyclic) bond motifs is 1. The van der Waals surface area contributed by atoms with Gasteiger partial charge >= 0.3 is 6.03 Å². The van der Waals surface area contributed by atoms with Crippen molar-refractivity contribution in [3.8, 4) is 11.5 Å². The van der Waals surface area contributed by atoms with Crippen molar-refractivity contribution in [2.45, 2.75) is 32.5 Å². The first-order chi connectivity index (χ1) is 19.7. The topological polar surface area (TPSA) is 164 Å². The zero-order valence-corrected chi connectivity index (χ0v) is 23.4. The highest BCUT2D eigenvalue weighted by Gasteiger charge is 2.34. The van der Waals surface area contributed by atoms with Gasteiger partial charge in [0.25, 0.3) is 5.91 Å². The van der Waals surface area contributed by atoms with Crippen LogP contribution < -0.4 is 20.1 Å². The maximum atomic E-state index is 13.6. The number of anilines is 2. The number of amides is 4. The molecule has 0 saturated carbocycles. The molecule has 0 spiro atoms. The number of nitrogens with zero attached hydrogens (tertiary/aromatic N) is 6. The Bertz CT molecular complexity index is 1350. The van der Waals surface area contributed by atoms with Crippen molar-refractivity contribution in [2.24, 2.45) is 5.92 Å². The Balaban J connectivity index is 1.53. The second kappa shape index (κ2) is 13.1. The second-order valence-corrected chi connectivity index (χ2v) is 9.93. The number of ether oxygens (including phenoxy) is 2. The number of rotatable bonds is 9. The Morgan fingerprint density at radius 1 is 1.20 bits per heavy atom. The number of tetrazole rings is 1. The monoisotopic (exact) mass is 566 g/mol. The molecule has 14 nitrogen and oxygen atoms in total. The number of aliphatic hydroxyl groups is 1. The standard InChI is InChI=1S/C27H34N8O6/c1-17-12-35(18(2)15-36)26(38)22-11-20(29-25(37)14-34-16-28-31-32-34)7-10-23(22)41-24(17)13-33(3)27(39)30-19-5-8-21(40-4)9-6-19/h5-11,16-18,24,36H,12-15H2,1-4H3,(H,29,37)(H,30,39)/t17-,18+,24+/m1/s1. The number of carbonyl (C=O) groups is 3. The van der Waals surface area contributed by atoms with E-state index in [1.165, 1.54) is 15.9 Å². The molecule has 2 heterocycles. The van der Waals surface area contributed by atoms with Crippen LogP contribution in [-0.2, 0) is 11.3 Å². The first-order valence-corrected chi connectivity index (χ1v) is 13.1. The van der Waals surface area contributed by atoms with Gasteiger partial charge in [0.2, 0.25) is 5.91 Å². The van der Waals surface area contributed by atoms with Crippen LogP contribution in [0.3, 0.4) is 0 Å². The fraction of sp³-hybridized carbons (Fsp3) is 0.407. The summed E-state index contributed by atoms with van der Waals surface area (Å²) in [5.41, 5.74) is 1.23. The number of urea groups is 1. The van der Waals surface area contributed by atoms with E-state index in [9.17, 15) is 19.5 Å². The van der Waals surface area contributed by atoms with E-state index in [0.29, 0.717) is 22.9 Å². The Morgan fingerprint density at radius 2 is 1.93 bits per heavy atom. The maximum Gasteiger partial charge on any atom is 0.321 e. The summed E-state index contributed by atoms with van der Waals surface area (Å²) in [7, 11) is 3.23. The van der Waals surface area contributed by atoms with E-state index in [1.54, 1.807) is 68.4 Å². The SMILES string of the molecule is COc1ccc(NC(=O)N(C)C[C@@H]2Oc3ccc(NC(=O)Cn4cnnn4)cc3C(=O)N([C@@H](C)CO)C[C@H]2C)cc1. The quantitative estimate of drug-likeness (QED) is 0.350. The predicted molar refractivity (Wildman–Crippen MR) is 149 cm³/mol. The predicted octanol–water partition coefficient (Wildman–Crippen LogP) is 1.70. The van der Waals surface area contributed by atoms with Crippen molar-refractivity contribution in [1.82, 2.24) is 30.0 Å². The largest absolute Gasteiger partial charge is 0.497 e. The average Bonchev–Trinajstić information content (AvgIpc) is 3.48. The summed E-state index contributed by atoms with van der Waals surface area (Å²) < 4.78 is 12.8. The number of aliphatic hydroxyl groups excluding tert-OH is 1. The molecule has 1 aliphatic rings. The number of carbonyl (C=O) groups excluding carboxylic acids is 3. The number of aromatic nitrogens is 4. The molecular formula is C27H34N8O6. The second-order valence-electron chi connectivity index (χ2n) is 9.93. The Labute approximate surface area is 237 Å². The van der Waals surface area contributed by atoms with Gasteiger partial charge in [-0.05, 0) is 59.8 Å². The highest BCUT2D eigenvalue weighted by atomic mass is 16.5. The van der Waals surface area contributed by atoms with Gasteiger partial charge < -0.3 is 35.0 Å². The van der Waals surface area contributed by atoms with Crippen molar-refractivity contribution in [2.75, 3.05) is 44.5 Å². The van der Waals surface area contributed by atoms with Crippen molar-refractivity contribution >= 4 is 29.2 Å². The molecule has 3 N–H and O–H groups in total. The number of methoxy groups -OCH3 is 1. The van der Waals surface area contributed by atoms with E-state index in [4.69, 9.17) is 9.47 Å². The highest BCUT2D eigenvalue weighted by Crippen LogP contribution is 2.31. The van der Waals surface area contributed by atoms with E-state index in [2.05, 4.69) is 26.2 Å². The lowest BCUT2D eigenvalue weighted by molar-refractivity contribution is -0.116. The number of hydrogen-bond donors (Lipinski definition) is 3. The third kappa shape index (κ3) is 7.28. The van der Waals surface area contributed by atoms with Crippen LogP contribution in [0.5, 0.6) is 11.5 Å². The van der Waals surface area contributed by atoms with Gasteiger partial charge in [-0.3, -0.25) is 9.59 Å². The van der Waals surface area contributed by atoms with Gasteiger partial charge in [0.1, 0.15) is 30.5 Å². The van der Waals surface area contributed by atoms with Crippen LogP contribution in [0.15, 0.2) is 48.8 Å². The van der Waals surface area contributed by atoms with Crippen LogP contribution in [0.4, 0.5) is 16.2 Å². The van der Waals surface area contributed by atoms with Crippen LogP contribution in [0.25, 0.3) is 0 Å². The summed E-state index contributed by atoms with van der Waals surface area (Å²) in [6, 6.07) is 11.0. The van der Waals surface area contributed by atoms with Crippen LogP contribution in [-0.4, -0.2) is 99.0 Å². The summed E-state index contributed by atoms with van der Waals surface area (Å²) in [5, 5.41) is 26.2. The molecule has 14 heteroatoms. The van der Waals surface area contributed by atoms with Crippen molar-refractivity contribution in [3.05, 3.63) is 54.4 Å². The summed E-state index contributed by atoms with van der Waals surface area (Å²) in [6.45, 7) is 3.87. The zero-order valence-electron chi connectivity index (χ0n) is 23.4. The van der Waals surface area contributed by atoms with Crippen LogP contribution in [0.1, 0.15) is 24.2 Å². The van der Waals surface area contributed by atoms with Gasteiger partial charge in [-0.25, -0.2) is 9.48 Å². The summed E-state index contributed by atoms with van der Waals surface area (Å²) in [5.74, 6) is 0.0809. The molecule has 4 rings (SSSR count). The smallest absolute Gasteiger partial charge is 0.321 e. The molecule has 0 saturated heterocycles. The molecule has 0 bridgehead atoms. The molecule has 0 radical (unpaired) electrons. The minimum atomic E-state index is -0.484. The Morgan fingerprint density at radius 3 is 2.59 bits per heavy atom. The van der Waals surface area contributed by atoms with Gasteiger partial charge in [-0.1, -0.05) is 6.92 Å². The van der Waals surface area contributed by atoms with Crippen molar-refractivity contribution in [1.29, 1.82) is 0 Å². The van der Waals surface area contributed by atoms with Crippen molar-refractivity contribution < 1.29 is 29.0 Å². The molecule has 0 unspecified atom stereocenters. The molecule has 1 aromatic heterocycles. The van der Waals surface area contributed by atoms with Gasteiger partial charge in [0.05, 0.1) is 31.9 Å². The summed E-state index contributed by atoms with van der Waals surface area (Å²) in [4.78, 5) is 42.2. The average molecular weight is 567 g/mol. The molecule has 3 atom stereocenters. The minimum absolute atomic E-state index is 0.104. The number of likely N-dealkylation sites (N-methyl/N-ethyl adjacent to an activating group) is 1. The van der Waals surface area contributed by atoms with Crippen LogP contribution in [0, 0.1) is 5.92 Å². The van der Waals surface area contributed by atoms with Gasteiger partial charge in [-0.2, -0.15) is 0 Å². The van der Waals surface area contributed by atoms with Gasteiger partial charge in [0, 0.05) is 30.9 Å². The number of nitrogens with one attached hydrogen (secondary N) is 2. The van der Waals surface area contributed by atoms with Crippen LogP contribution >= 0.6 is 0 Å². The van der Waals surface area contributed by atoms with E-state index >= 15 is 0 Å². The van der Waals surface area contributed by atoms with E-state index < -0.39 is 12.1 Å². The lowest BCUT2D eigenvalue weighted by Crippen LogP contribution is -2.50. The lowest BCUT2D eigenvalue weighted by Gasteiger charge is -2.38. The van der Waals surface area contributed by atoms with Crippen molar-refractivity contribution in [3.63, 3.8) is 0 Å². The lowest BCUT2D eigenvalue weighted by atomic mass is 9.99. The highest BCUT2D eigenvalue weighted by molar-refractivity contribution is 6.00. The molecule has 0 aliphatic carbocycles. The molecule has 4 amide bonds. The fourth-order valence-electron chi connectivity index (χ4n) is 4.36. The normalized spacial score (nSPS) is 17.4. The third-order valence-corrected chi connectivity index (χ3v) is 6.79. The molecule has 1 aliphatic heterocycles. The molecule has 41 heavy (non-hydrogen) atoms. The minimum Gasteiger partial charge on any atom is -0.497 e. The van der Waals surface area contributed by atoms with E-state index in [1.807, 2.05) is 6.92 Å².